The molecular weight excluding hydrogens is 405 g/mol. The molecular formula is C24H32FN7. The fraction of sp³-hybridized carbons (Fsp3) is 0.375. The van der Waals surface area contributed by atoms with Gasteiger partial charge in [-0.05, 0) is 24.6 Å². The van der Waals surface area contributed by atoms with Crippen LogP contribution in [0.2, 0.25) is 0 Å². The largest absolute Gasteiger partial charge is 0.375 e. The second-order valence-corrected chi connectivity index (χ2v) is 7.51. The van der Waals surface area contributed by atoms with Gasteiger partial charge in [0.15, 0.2) is 5.96 Å². The van der Waals surface area contributed by atoms with Crippen LogP contribution in [0.5, 0.6) is 0 Å². The van der Waals surface area contributed by atoms with Crippen LogP contribution >= 0.6 is 0 Å². The lowest BCUT2D eigenvalue weighted by Gasteiger charge is -2.20. The molecule has 3 aromatic rings. The third-order valence-electron chi connectivity index (χ3n) is 5.18. The van der Waals surface area contributed by atoms with Gasteiger partial charge in [0.1, 0.15) is 18.0 Å². The van der Waals surface area contributed by atoms with Gasteiger partial charge < -0.3 is 20.1 Å². The van der Waals surface area contributed by atoms with Crippen molar-refractivity contribution in [2.75, 3.05) is 31.6 Å². The molecule has 7 nitrogen and oxygen atoms in total. The van der Waals surface area contributed by atoms with Gasteiger partial charge in [0.2, 0.25) is 0 Å². The highest BCUT2D eigenvalue weighted by molar-refractivity contribution is 5.79. The first kappa shape index (κ1) is 23.2. The maximum absolute atomic E-state index is 14.0. The number of para-hydroxylation sites is 1. The Hall–Kier alpha value is -3.42. The molecule has 0 saturated heterocycles. The predicted octanol–water partition coefficient (Wildman–Crippen LogP) is 3.24. The van der Waals surface area contributed by atoms with Crippen LogP contribution in [0.3, 0.4) is 0 Å². The Kier molecular flexibility index (Phi) is 9.04. The third-order valence-corrected chi connectivity index (χ3v) is 5.18. The molecule has 2 aromatic carbocycles. The summed E-state index contributed by atoms with van der Waals surface area (Å²) in [6.07, 6.45) is 3.52. The Morgan fingerprint density at radius 1 is 1.06 bits per heavy atom. The highest BCUT2D eigenvalue weighted by Crippen LogP contribution is 2.11. The SMILES string of the molecule is CCc1nncn1CCNC(=NCc1ccccc1F)NCCCN(C)c1ccccc1. The van der Waals surface area contributed by atoms with Gasteiger partial charge in [-0.3, -0.25) is 0 Å². The Balaban J connectivity index is 1.53. The van der Waals surface area contributed by atoms with Crippen LogP contribution in [0.4, 0.5) is 10.1 Å². The van der Waals surface area contributed by atoms with Gasteiger partial charge in [-0.25, -0.2) is 9.38 Å². The molecule has 1 aromatic heterocycles. The minimum atomic E-state index is -0.239. The van der Waals surface area contributed by atoms with Gasteiger partial charge in [0, 0.05) is 50.9 Å². The zero-order chi connectivity index (χ0) is 22.6. The van der Waals surface area contributed by atoms with Gasteiger partial charge in [0.05, 0.1) is 6.54 Å². The van der Waals surface area contributed by atoms with Crippen molar-refractivity contribution >= 4 is 11.6 Å². The fourth-order valence-electron chi connectivity index (χ4n) is 3.33. The summed E-state index contributed by atoms with van der Waals surface area (Å²) in [6.45, 7) is 5.40. The van der Waals surface area contributed by atoms with E-state index in [9.17, 15) is 4.39 Å². The minimum Gasteiger partial charge on any atom is -0.375 e. The monoisotopic (exact) mass is 437 g/mol. The molecule has 0 aliphatic heterocycles. The van der Waals surface area contributed by atoms with Crippen LogP contribution in [0.15, 0.2) is 65.9 Å². The number of aryl methyl sites for hydroxylation is 1. The number of aromatic nitrogens is 3. The standard InChI is InChI=1S/C24H32FN7/c1-3-23-30-29-19-32(23)17-15-27-24(28-18-20-10-7-8-13-22(20)25)26-14-9-16-31(2)21-11-5-4-6-12-21/h4-8,10-13,19H,3,9,14-18H2,1-2H3,(H2,26,27,28). The van der Waals surface area contributed by atoms with E-state index in [1.54, 1.807) is 18.5 Å². The Morgan fingerprint density at radius 2 is 1.81 bits per heavy atom. The molecule has 0 unspecified atom stereocenters. The number of benzene rings is 2. The van der Waals surface area contributed by atoms with Gasteiger partial charge >= 0.3 is 0 Å². The maximum atomic E-state index is 14.0. The van der Waals surface area contributed by atoms with Gasteiger partial charge in [-0.2, -0.15) is 0 Å². The van der Waals surface area contributed by atoms with Crippen LogP contribution in [0, 0.1) is 5.82 Å². The number of nitrogens with one attached hydrogen (secondary N) is 2. The molecule has 0 saturated carbocycles. The van der Waals surface area contributed by atoms with Crippen molar-refractivity contribution in [3.05, 3.63) is 78.1 Å². The predicted molar refractivity (Wildman–Crippen MR) is 127 cm³/mol. The summed E-state index contributed by atoms with van der Waals surface area (Å²) in [5.41, 5.74) is 1.77. The van der Waals surface area contributed by atoms with Crippen molar-refractivity contribution in [2.45, 2.75) is 32.9 Å². The molecule has 0 aliphatic rings. The second-order valence-electron chi connectivity index (χ2n) is 7.51. The van der Waals surface area contributed by atoms with Gasteiger partial charge in [-0.15, -0.1) is 10.2 Å². The number of anilines is 1. The van der Waals surface area contributed by atoms with Gasteiger partial charge in [0.25, 0.3) is 0 Å². The Bertz CT molecular complexity index is 971. The van der Waals surface area contributed by atoms with E-state index in [2.05, 4.69) is 56.8 Å². The van der Waals surface area contributed by atoms with Crippen LogP contribution in [0.1, 0.15) is 24.7 Å². The summed E-state index contributed by atoms with van der Waals surface area (Å²) in [5, 5.41) is 14.8. The number of aliphatic imine (C=N–C) groups is 1. The number of rotatable bonds is 11. The molecule has 1 heterocycles. The molecule has 32 heavy (non-hydrogen) atoms. The summed E-state index contributed by atoms with van der Waals surface area (Å²) in [7, 11) is 2.09. The Labute approximate surface area is 189 Å². The highest BCUT2D eigenvalue weighted by Gasteiger charge is 2.05. The van der Waals surface area contributed by atoms with Crippen molar-refractivity contribution in [2.24, 2.45) is 4.99 Å². The van der Waals surface area contributed by atoms with E-state index in [4.69, 9.17) is 0 Å². The van der Waals surface area contributed by atoms with Crippen LogP contribution in [-0.2, 0) is 19.5 Å². The van der Waals surface area contributed by atoms with E-state index < -0.39 is 0 Å². The molecule has 0 spiro atoms. The highest BCUT2D eigenvalue weighted by atomic mass is 19.1. The summed E-state index contributed by atoms with van der Waals surface area (Å²) in [6, 6.07) is 17.0. The first-order valence-corrected chi connectivity index (χ1v) is 11.1. The summed E-state index contributed by atoms with van der Waals surface area (Å²) < 4.78 is 16.0. The second kappa shape index (κ2) is 12.4. The fourth-order valence-corrected chi connectivity index (χ4v) is 3.33. The number of nitrogens with zero attached hydrogens (tertiary/aromatic N) is 5. The van der Waals surface area contributed by atoms with E-state index in [0.29, 0.717) is 18.1 Å². The molecule has 8 heteroatoms. The van der Waals surface area contributed by atoms with E-state index in [0.717, 1.165) is 38.3 Å². The van der Waals surface area contributed by atoms with Crippen LogP contribution < -0.4 is 15.5 Å². The third kappa shape index (κ3) is 7.08. The zero-order valence-electron chi connectivity index (χ0n) is 18.8. The maximum Gasteiger partial charge on any atom is 0.191 e. The molecule has 0 amide bonds. The molecule has 3 rings (SSSR count). The van der Waals surface area contributed by atoms with Crippen molar-refractivity contribution in [3.8, 4) is 0 Å². The van der Waals surface area contributed by atoms with E-state index in [-0.39, 0.29) is 12.4 Å². The lowest BCUT2D eigenvalue weighted by atomic mass is 10.2. The molecule has 0 atom stereocenters. The number of halogens is 1. The van der Waals surface area contributed by atoms with Crippen molar-refractivity contribution < 1.29 is 4.39 Å². The lowest BCUT2D eigenvalue weighted by Crippen LogP contribution is -2.40. The van der Waals surface area contributed by atoms with E-state index in [1.165, 1.54) is 11.8 Å². The molecule has 0 bridgehead atoms. The van der Waals surface area contributed by atoms with Crippen LogP contribution in [0.25, 0.3) is 0 Å². The first-order chi connectivity index (χ1) is 15.7. The number of guanidine groups is 1. The van der Waals surface area contributed by atoms with Gasteiger partial charge in [-0.1, -0.05) is 43.3 Å². The Morgan fingerprint density at radius 3 is 2.59 bits per heavy atom. The molecule has 170 valence electrons. The first-order valence-electron chi connectivity index (χ1n) is 11.1. The normalized spacial score (nSPS) is 11.4. The smallest absolute Gasteiger partial charge is 0.191 e. The van der Waals surface area contributed by atoms with Crippen molar-refractivity contribution in [3.63, 3.8) is 0 Å². The molecule has 2 N–H and O–H groups in total. The number of hydrogen-bond acceptors (Lipinski definition) is 4. The molecule has 0 aliphatic carbocycles. The molecule has 0 radical (unpaired) electrons. The van der Waals surface area contributed by atoms with Crippen LogP contribution in [-0.4, -0.2) is 47.4 Å². The molecule has 0 fully saturated rings. The quantitative estimate of drug-likeness (QED) is 0.274. The zero-order valence-corrected chi connectivity index (χ0v) is 18.8. The van der Waals surface area contributed by atoms with Crippen molar-refractivity contribution in [1.82, 2.24) is 25.4 Å². The van der Waals surface area contributed by atoms with E-state index in [1.807, 2.05) is 28.8 Å². The summed E-state index contributed by atoms with van der Waals surface area (Å²) in [4.78, 5) is 6.82. The average Bonchev–Trinajstić information content (AvgIpc) is 3.28. The topological polar surface area (TPSA) is 70.4 Å². The summed E-state index contributed by atoms with van der Waals surface area (Å²) in [5.74, 6) is 1.38. The minimum absolute atomic E-state index is 0.239. The number of hydrogen-bond donors (Lipinski definition) is 2. The lowest BCUT2D eigenvalue weighted by molar-refractivity contribution is 0.608. The average molecular weight is 438 g/mol. The van der Waals surface area contributed by atoms with E-state index >= 15 is 0 Å². The summed E-state index contributed by atoms with van der Waals surface area (Å²) >= 11 is 0. The van der Waals surface area contributed by atoms with Crippen molar-refractivity contribution in [1.29, 1.82) is 0 Å².